The van der Waals surface area contributed by atoms with Crippen LogP contribution in [0.3, 0.4) is 0 Å². The average molecular weight is 614 g/mol. The Kier molecular flexibility index (Phi) is 7.75. The van der Waals surface area contributed by atoms with Gasteiger partial charge in [0.1, 0.15) is 29.2 Å². The monoisotopic (exact) mass is 613 g/mol. The number of thiocarbonyl (C=S) groups is 1. The average Bonchev–Trinajstić information content (AvgIpc) is 3.10. The number of aliphatic carboxylic acids is 1. The number of β-lactam (4-membered cyclic amide) rings is 1. The molecule has 4 rings (SSSR count). The minimum Gasteiger partial charge on any atom is -0.508 e. The van der Waals surface area contributed by atoms with Gasteiger partial charge in [-0.25, -0.2) is 18.4 Å². The van der Waals surface area contributed by atoms with E-state index in [9.17, 15) is 33.0 Å². The lowest BCUT2D eigenvalue weighted by atomic mass is 9.95. The number of fused-ring (bicyclic) bond motifs is 1. The highest BCUT2D eigenvalue weighted by Gasteiger charge is 2.64. The molecule has 0 aromatic heterocycles. The number of anilines is 1. The summed E-state index contributed by atoms with van der Waals surface area (Å²) in [5.74, 6) is -2.29. The van der Waals surface area contributed by atoms with E-state index in [4.69, 9.17) is 29.0 Å². The number of amides is 2. The van der Waals surface area contributed by atoms with Crippen LogP contribution in [0.5, 0.6) is 5.75 Å². The molecule has 2 aliphatic rings. The van der Waals surface area contributed by atoms with Gasteiger partial charge in [0.25, 0.3) is 0 Å². The number of nitrogens with zero attached hydrogens (tertiary/aromatic N) is 1. The number of nitrogens with two attached hydrogens (primary N) is 1. The van der Waals surface area contributed by atoms with E-state index in [1.54, 1.807) is 13.8 Å². The van der Waals surface area contributed by atoms with E-state index in [0.29, 0.717) is 5.56 Å². The Morgan fingerprint density at radius 3 is 2.41 bits per heavy atom. The lowest BCUT2D eigenvalue weighted by molar-refractivity contribution is -0.161. The van der Waals surface area contributed by atoms with E-state index in [-0.39, 0.29) is 26.5 Å². The van der Waals surface area contributed by atoms with Gasteiger partial charge in [-0.3, -0.25) is 9.59 Å². The molecule has 2 aromatic carbocycles. The van der Waals surface area contributed by atoms with Crippen molar-refractivity contribution in [1.29, 1.82) is 0 Å². The Balaban J connectivity index is 1.52. The second-order valence-corrected chi connectivity index (χ2v) is 13.5. The second-order valence-electron chi connectivity index (χ2n) is 9.39. The van der Waals surface area contributed by atoms with Gasteiger partial charge in [-0.1, -0.05) is 23.7 Å². The Morgan fingerprint density at radius 2 is 1.85 bits per heavy atom. The molecule has 0 aliphatic carbocycles. The number of halogens is 1. The van der Waals surface area contributed by atoms with E-state index in [2.05, 4.69) is 16.0 Å². The van der Waals surface area contributed by atoms with Crippen LogP contribution in [0.1, 0.15) is 25.5 Å². The SMILES string of the molecule is CC1(C)S[C@@H]2[C@H](NC(=O)[C@H](NC(=S)Nc3ccc(S(N)(=O)=O)cc3Cl)c3ccc(O)cc3)C(=O)N2[C@H]1C(=O)O. The highest BCUT2D eigenvalue weighted by atomic mass is 35.5. The number of sulfonamides is 1. The van der Waals surface area contributed by atoms with Crippen LogP contribution >= 0.6 is 35.6 Å². The third-order valence-corrected chi connectivity index (χ3v) is 9.27. The van der Waals surface area contributed by atoms with E-state index < -0.39 is 56.1 Å². The highest BCUT2D eigenvalue weighted by molar-refractivity contribution is 8.01. The quantitative estimate of drug-likeness (QED) is 0.195. The maximum atomic E-state index is 13.4. The maximum Gasteiger partial charge on any atom is 0.327 e. The van der Waals surface area contributed by atoms with Crippen LogP contribution in [0.25, 0.3) is 0 Å². The van der Waals surface area contributed by atoms with Gasteiger partial charge >= 0.3 is 5.97 Å². The second kappa shape index (κ2) is 10.5. The summed E-state index contributed by atoms with van der Waals surface area (Å²) in [4.78, 5) is 39.1. The van der Waals surface area contributed by atoms with E-state index in [0.717, 1.165) is 6.07 Å². The summed E-state index contributed by atoms with van der Waals surface area (Å²) in [6.45, 7) is 3.46. The highest BCUT2D eigenvalue weighted by Crippen LogP contribution is 2.50. The number of carboxylic acid groups (broad SMARTS) is 1. The number of phenols is 1. The van der Waals surface area contributed by atoms with Crippen LogP contribution in [0, 0.1) is 0 Å². The fourth-order valence-electron chi connectivity index (χ4n) is 4.41. The third kappa shape index (κ3) is 5.77. The molecule has 0 bridgehead atoms. The lowest BCUT2D eigenvalue weighted by Gasteiger charge is -2.44. The summed E-state index contributed by atoms with van der Waals surface area (Å²) >= 11 is 12.8. The van der Waals surface area contributed by atoms with Crippen LogP contribution in [0.2, 0.25) is 5.02 Å². The molecule has 0 spiro atoms. The van der Waals surface area contributed by atoms with Gasteiger partial charge in [0, 0.05) is 4.75 Å². The number of carbonyl (C=O) groups excluding carboxylic acids is 2. The number of nitrogens with one attached hydrogen (secondary N) is 3. The molecule has 0 radical (unpaired) electrons. The zero-order valence-electron chi connectivity index (χ0n) is 20.4. The van der Waals surface area contributed by atoms with Crippen molar-refractivity contribution in [3.8, 4) is 5.75 Å². The fraction of sp³-hybridized carbons (Fsp3) is 0.304. The van der Waals surface area contributed by atoms with Gasteiger partial charge in [0.2, 0.25) is 21.8 Å². The predicted octanol–water partition coefficient (Wildman–Crippen LogP) is 1.35. The maximum absolute atomic E-state index is 13.4. The van der Waals surface area contributed by atoms with Crippen LogP contribution in [0.15, 0.2) is 47.4 Å². The largest absolute Gasteiger partial charge is 0.508 e. The van der Waals surface area contributed by atoms with Crippen molar-refractivity contribution in [2.75, 3.05) is 5.32 Å². The molecule has 2 saturated heterocycles. The van der Waals surface area contributed by atoms with Crippen molar-refractivity contribution in [2.24, 2.45) is 5.14 Å². The number of phenolic OH excluding ortho intramolecular Hbond substituents is 1. The topological polar surface area (TPSA) is 191 Å². The summed E-state index contributed by atoms with van der Waals surface area (Å²) in [6.07, 6.45) is 0. The minimum absolute atomic E-state index is 0.00493. The van der Waals surface area contributed by atoms with E-state index in [1.807, 2.05) is 0 Å². The van der Waals surface area contributed by atoms with Crippen LogP contribution in [-0.2, 0) is 24.4 Å². The Morgan fingerprint density at radius 1 is 1.21 bits per heavy atom. The number of hydrogen-bond donors (Lipinski definition) is 6. The summed E-state index contributed by atoms with van der Waals surface area (Å²) in [5, 5.41) is 32.1. The molecule has 12 nitrogen and oxygen atoms in total. The van der Waals surface area contributed by atoms with Crippen molar-refractivity contribution >= 4 is 74.2 Å². The molecule has 4 atom stereocenters. The first kappa shape index (κ1) is 28.9. The predicted molar refractivity (Wildman–Crippen MR) is 149 cm³/mol. The van der Waals surface area contributed by atoms with Crippen molar-refractivity contribution in [3.05, 3.63) is 53.1 Å². The summed E-state index contributed by atoms with van der Waals surface area (Å²) < 4.78 is 22.4. The molecule has 2 aromatic rings. The summed E-state index contributed by atoms with van der Waals surface area (Å²) in [5.41, 5.74) is 0.636. The number of rotatable bonds is 7. The normalized spacial score (nSPS) is 22.3. The summed E-state index contributed by atoms with van der Waals surface area (Å²) in [6, 6.07) is 6.35. The number of aromatic hydroxyl groups is 1. The summed E-state index contributed by atoms with van der Waals surface area (Å²) in [7, 11) is -3.97. The molecular weight excluding hydrogens is 590 g/mol. The van der Waals surface area contributed by atoms with Crippen molar-refractivity contribution < 1.29 is 33.0 Å². The smallest absolute Gasteiger partial charge is 0.327 e. The zero-order valence-corrected chi connectivity index (χ0v) is 23.6. The molecule has 39 heavy (non-hydrogen) atoms. The molecule has 2 fully saturated rings. The molecule has 16 heteroatoms. The van der Waals surface area contributed by atoms with Crippen LogP contribution < -0.4 is 21.1 Å². The zero-order chi connectivity index (χ0) is 28.9. The van der Waals surface area contributed by atoms with E-state index >= 15 is 0 Å². The molecule has 208 valence electrons. The first-order valence-corrected chi connectivity index (χ1v) is 14.5. The van der Waals surface area contributed by atoms with Gasteiger partial charge < -0.3 is 31.1 Å². The lowest BCUT2D eigenvalue weighted by Crippen LogP contribution is -2.71. The van der Waals surface area contributed by atoms with Crippen LogP contribution in [-0.4, -0.2) is 68.6 Å². The van der Waals surface area contributed by atoms with Gasteiger partial charge in [-0.15, -0.1) is 11.8 Å². The van der Waals surface area contributed by atoms with E-state index in [1.165, 1.54) is 53.1 Å². The Labute approximate surface area is 238 Å². The minimum atomic E-state index is -3.97. The molecule has 2 aliphatic heterocycles. The molecule has 2 amide bonds. The standard InChI is InChI=1S/C23H24ClN5O7S3/c1-23(2)17(21(33)34)29-19(32)16(20(29)38-23)27-18(31)15(10-3-5-11(30)6-4-10)28-22(37)26-14-8-7-12(9-13(14)24)39(25,35)36/h3-9,15-17,20,30H,1-2H3,(H,27,31)(H,33,34)(H2,25,35,36)(H2,26,28,37)/t15-,16-,17+,20-/m1/s1. The number of carbonyl (C=O) groups is 3. The fourth-order valence-corrected chi connectivity index (χ4v) is 7.10. The van der Waals surface area contributed by atoms with Crippen molar-refractivity contribution in [2.45, 2.75) is 47.0 Å². The van der Waals surface area contributed by atoms with Gasteiger partial charge in [-0.2, -0.15) is 0 Å². The van der Waals surface area contributed by atoms with Crippen LogP contribution in [0.4, 0.5) is 5.69 Å². The number of thioether (sulfide) groups is 1. The van der Waals surface area contributed by atoms with Gasteiger partial charge in [-0.05, 0) is 62.0 Å². The molecular formula is C23H24ClN5O7S3. The Hall–Kier alpha value is -3.11. The third-order valence-electron chi connectivity index (χ3n) is 6.25. The van der Waals surface area contributed by atoms with Crippen molar-refractivity contribution in [1.82, 2.24) is 15.5 Å². The molecule has 0 unspecified atom stereocenters. The molecule has 0 saturated carbocycles. The number of primary sulfonamides is 1. The Bertz CT molecular complexity index is 1470. The van der Waals surface area contributed by atoms with Gasteiger partial charge in [0.05, 0.1) is 15.6 Å². The number of benzene rings is 2. The number of carboxylic acids is 1. The first-order valence-electron chi connectivity index (χ1n) is 11.3. The van der Waals surface area contributed by atoms with Crippen molar-refractivity contribution in [3.63, 3.8) is 0 Å². The molecule has 2 heterocycles. The number of hydrogen-bond acceptors (Lipinski definition) is 8. The first-order chi connectivity index (χ1) is 18.1. The molecule has 7 N–H and O–H groups in total. The van der Waals surface area contributed by atoms with Gasteiger partial charge in [0.15, 0.2) is 5.11 Å².